The van der Waals surface area contributed by atoms with Gasteiger partial charge >= 0.3 is 6.03 Å². The number of hydrogen-bond donors (Lipinski definition) is 2. The van der Waals surface area contributed by atoms with Crippen molar-refractivity contribution >= 4 is 11.7 Å². The first-order chi connectivity index (χ1) is 9.54. The number of para-hydroxylation sites is 1. The Bertz CT molecular complexity index is 626. The summed E-state index contributed by atoms with van der Waals surface area (Å²) in [5.74, 6) is -1.34. The lowest BCUT2D eigenvalue weighted by Gasteiger charge is -2.19. The molecule has 104 valence electrons. The van der Waals surface area contributed by atoms with Gasteiger partial charge in [0.15, 0.2) is 11.6 Å². The highest BCUT2D eigenvalue weighted by Gasteiger charge is 2.16. The molecule has 3 rings (SSSR count). The molecule has 1 aromatic rings. The number of halogens is 1. The van der Waals surface area contributed by atoms with Gasteiger partial charge in [0.25, 0.3) is 0 Å². The minimum absolute atomic E-state index is 0.0833. The number of anilines is 1. The molecule has 0 atom stereocenters. The van der Waals surface area contributed by atoms with Crippen LogP contribution in [0.15, 0.2) is 42.5 Å². The zero-order valence-electron chi connectivity index (χ0n) is 11.0. The largest absolute Gasteiger partial charge is 0.503 e. The molecule has 0 aromatic heterocycles. The van der Waals surface area contributed by atoms with E-state index >= 15 is 0 Å². The summed E-state index contributed by atoms with van der Waals surface area (Å²) in [6.07, 6.45) is 0. The first kappa shape index (κ1) is 13.9. The van der Waals surface area contributed by atoms with Gasteiger partial charge in [-0.3, -0.25) is 4.90 Å². The minimum atomic E-state index is -0.776. The molecule has 1 aromatic carbocycles. The molecule has 0 aliphatic heterocycles. The fourth-order valence-corrected chi connectivity index (χ4v) is 1.84. The lowest BCUT2D eigenvalue weighted by molar-refractivity contribution is 0.254. The molecule has 2 aliphatic rings. The highest BCUT2D eigenvalue weighted by atomic mass is 19.1. The fourth-order valence-electron chi connectivity index (χ4n) is 1.84. The topological polar surface area (TPSA) is 66.6 Å². The van der Waals surface area contributed by atoms with Crippen molar-refractivity contribution in [2.24, 2.45) is 5.73 Å². The predicted octanol–water partition coefficient (Wildman–Crippen LogP) is 3.10. The molecule has 20 heavy (non-hydrogen) atoms. The van der Waals surface area contributed by atoms with E-state index in [1.165, 1.54) is 23.3 Å². The molecule has 0 radical (unpaired) electrons. The van der Waals surface area contributed by atoms with Gasteiger partial charge < -0.3 is 10.8 Å². The molecule has 0 unspecified atom stereocenters. The summed E-state index contributed by atoms with van der Waals surface area (Å²) in [5, 5.41) is 9.32. The maximum absolute atomic E-state index is 12.9. The van der Waals surface area contributed by atoms with Crippen LogP contribution in [-0.4, -0.2) is 17.7 Å². The minimum Gasteiger partial charge on any atom is -0.503 e. The molecule has 5 heteroatoms. The number of carbonyl (C=O) groups excluding carboxylic acids is 1. The average Bonchev–Trinajstić information content (AvgIpc) is 3.02. The Morgan fingerprint density at radius 1 is 1.25 bits per heavy atom. The number of urea groups is 1. The molecule has 0 saturated heterocycles. The normalized spacial score (nSPS) is 10.3. The number of amides is 2. The SMILES string of the molecule is CCN(C(N)=O)c1cccc(F)c1O.c1cc2cc-2c1. The number of rotatable bonds is 2. The second-order valence-corrected chi connectivity index (χ2v) is 4.27. The number of carbonyl (C=O) groups is 1. The van der Waals surface area contributed by atoms with Gasteiger partial charge in [-0.25, -0.2) is 9.18 Å². The zero-order chi connectivity index (χ0) is 14.7. The van der Waals surface area contributed by atoms with Crippen LogP contribution in [-0.2, 0) is 0 Å². The summed E-state index contributed by atoms with van der Waals surface area (Å²) in [7, 11) is 0. The molecule has 2 aliphatic carbocycles. The van der Waals surface area contributed by atoms with E-state index in [0.29, 0.717) is 0 Å². The van der Waals surface area contributed by atoms with Gasteiger partial charge in [-0.15, -0.1) is 0 Å². The summed E-state index contributed by atoms with van der Waals surface area (Å²) in [4.78, 5) is 12.0. The monoisotopic (exact) mass is 274 g/mol. The molecule has 0 fully saturated rings. The van der Waals surface area contributed by atoms with Gasteiger partial charge in [-0.2, -0.15) is 0 Å². The average molecular weight is 274 g/mol. The first-order valence-corrected chi connectivity index (χ1v) is 6.19. The zero-order valence-corrected chi connectivity index (χ0v) is 11.0. The lowest BCUT2D eigenvalue weighted by atomic mass is 10.2. The predicted molar refractivity (Wildman–Crippen MR) is 76.1 cm³/mol. The number of aromatic hydroxyl groups is 1. The van der Waals surface area contributed by atoms with Crippen LogP contribution in [0.5, 0.6) is 5.75 Å². The van der Waals surface area contributed by atoms with E-state index in [0.717, 1.165) is 11.0 Å². The van der Waals surface area contributed by atoms with Gasteiger partial charge in [0.1, 0.15) is 0 Å². The highest BCUT2D eigenvalue weighted by Crippen LogP contribution is 2.32. The third-order valence-corrected chi connectivity index (χ3v) is 2.95. The number of benzene rings is 2. The third kappa shape index (κ3) is 2.88. The summed E-state index contributed by atoms with van der Waals surface area (Å²) in [6.45, 7) is 1.95. The quantitative estimate of drug-likeness (QED) is 0.754. The summed E-state index contributed by atoms with van der Waals surface area (Å²) < 4.78 is 12.9. The van der Waals surface area contributed by atoms with Crippen LogP contribution in [0, 0.1) is 5.82 Å². The van der Waals surface area contributed by atoms with Gasteiger partial charge in [-0.05, 0) is 36.2 Å². The fraction of sp³-hybridized carbons (Fsp3) is 0.133. The molecule has 0 spiro atoms. The van der Waals surface area contributed by atoms with E-state index in [-0.39, 0.29) is 12.2 Å². The first-order valence-electron chi connectivity index (χ1n) is 6.19. The van der Waals surface area contributed by atoms with Crippen LogP contribution in [0.1, 0.15) is 6.92 Å². The van der Waals surface area contributed by atoms with Crippen LogP contribution in [0.3, 0.4) is 0 Å². The van der Waals surface area contributed by atoms with Crippen LogP contribution in [0.25, 0.3) is 11.1 Å². The second kappa shape index (κ2) is 5.61. The van der Waals surface area contributed by atoms with E-state index in [4.69, 9.17) is 5.73 Å². The third-order valence-electron chi connectivity index (χ3n) is 2.95. The van der Waals surface area contributed by atoms with E-state index in [1.54, 1.807) is 6.92 Å². The molecule has 0 saturated carbocycles. The van der Waals surface area contributed by atoms with Crippen LogP contribution in [0.4, 0.5) is 14.9 Å². The van der Waals surface area contributed by atoms with Crippen molar-refractivity contribution in [2.75, 3.05) is 11.4 Å². The molecule has 4 nitrogen and oxygen atoms in total. The number of nitrogens with zero attached hydrogens (tertiary/aromatic N) is 1. The van der Waals surface area contributed by atoms with Crippen molar-refractivity contribution in [1.82, 2.24) is 0 Å². The Kier molecular flexibility index (Phi) is 3.89. The van der Waals surface area contributed by atoms with Crippen LogP contribution >= 0.6 is 0 Å². The van der Waals surface area contributed by atoms with Crippen molar-refractivity contribution in [3.63, 3.8) is 0 Å². The van der Waals surface area contributed by atoms with Crippen LogP contribution < -0.4 is 10.6 Å². The Morgan fingerprint density at radius 2 is 1.85 bits per heavy atom. The van der Waals surface area contributed by atoms with E-state index in [1.807, 2.05) is 0 Å². The smallest absolute Gasteiger partial charge is 0.319 e. The van der Waals surface area contributed by atoms with E-state index < -0.39 is 17.6 Å². The second-order valence-electron chi connectivity index (χ2n) is 4.27. The Morgan fingerprint density at radius 3 is 2.25 bits per heavy atom. The van der Waals surface area contributed by atoms with E-state index in [2.05, 4.69) is 24.3 Å². The van der Waals surface area contributed by atoms with Gasteiger partial charge in [0.2, 0.25) is 0 Å². The molecular formula is C15H15FN2O2. The number of hydrogen-bond acceptors (Lipinski definition) is 2. The molecule has 0 bridgehead atoms. The van der Waals surface area contributed by atoms with Gasteiger partial charge in [0.05, 0.1) is 5.69 Å². The highest BCUT2D eigenvalue weighted by molar-refractivity contribution is 5.92. The van der Waals surface area contributed by atoms with Crippen molar-refractivity contribution in [1.29, 1.82) is 0 Å². The number of phenolic OH excluding ortho intramolecular Hbond substituents is 1. The number of fused-ring (bicyclic) bond motifs is 1. The summed E-state index contributed by atoms with van der Waals surface area (Å²) in [5.41, 5.74) is 7.99. The molecular weight excluding hydrogens is 259 g/mol. The number of primary amides is 1. The lowest BCUT2D eigenvalue weighted by Crippen LogP contribution is -2.35. The molecule has 2 amide bonds. The number of phenols is 1. The molecule has 3 N–H and O–H groups in total. The standard InChI is InChI=1S/C9H11FN2O2.C6H4/c1-2-12(9(11)14)7-5-3-4-6(10)8(7)13;1-2-5-4-6(5)3-1/h3-5,13H,2H2,1H3,(H2,11,14);1-4H. The van der Waals surface area contributed by atoms with Crippen molar-refractivity contribution < 1.29 is 14.3 Å². The summed E-state index contributed by atoms with van der Waals surface area (Å²) >= 11 is 0. The maximum atomic E-state index is 12.9. The van der Waals surface area contributed by atoms with Crippen molar-refractivity contribution in [3.8, 4) is 16.9 Å². The number of nitrogens with two attached hydrogens (primary N) is 1. The van der Waals surface area contributed by atoms with Crippen molar-refractivity contribution in [2.45, 2.75) is 6.92 Å². The maximum Gasteiger partial charge on any atom is 0.319 e. The molecule has 0 heterocycles. The Balaban J connectivity index is 0.000000198. The van der Waals surface area contributed by atoms with Crippen molar-refractivity contribution in [3.05, 3.63) is 48.3 Å². The van der Waals surface area contributed by atoms with E-state index in [9.17, 15) is 14.3 Å². The van der Waals surface area contributed by atoms with Gasteiger partial charge in [0, 0.05) is 6.54 Å². The van der Waals surface area contributed by atoms with Gasteiger partial charge in [-0.1, -0.05) is 24.3 Å². The Labute approximate surface area is 116 Å². The summed E-state index contributed by atoms with van der Waals surface area (Å²) in [6, 6.07) is 11.7. The Hall–Kier alpha value is -2.56. The van der Waals surface area contributed by atoms with Crippen LogP contribution in [0.2, 0.25) is 0 Å².